The number of hydrogen-bond donors (Lipinski definition) is 1. The first kappa shape index (κ1) is 18.6. The molecule has 0 saturated heterocycles. The lowest BCUT2D eigenvalue weighted by molar-refractivity contribution is 0.102. The van der Waals surface area contributed by atoms with Gasteiger partial charge in [-0.3, -0.25) is 4.79 Å². The average Bonchev–Trinajstić information content (AvgIpc) is 3.10. The van der Waals surface area contributed by atoms with Crippen molar-refractivity contribution in [3.63, 3.8) is 0 Å². The molecular formula is C20H17ClN2O4S. The summed E-state index contributed by atoms with van der Waals surface area (Å²) in [4.78, 5) is 17.0. The van der Waals surface area contributed by atoms with Crippen molar-refractivity contribution in [2.75, 3.05) is 18.5 Å². The zero-order valence-corrected chi connectivity index (χ0v) is 16.4. The number of hydrogen-bond acceptors (Lipinski definition) is 6. The van der Waals surface area contributed by atoms with E-state index in [1.54, 1.807) is 29.8 Å². The summed E-state index contributed by atoms with van der Waals surface area (Å²) in [6.07, 6.45) is 0.760. The van der Waals surface area contributed by atoms with Gasteiger partial charge in [-0.2, -0.15) is 0 Å². The summed E-state index contributed by atoms with van der Waals surface area (Å²) in [5.41, 5.74) is 3.52. The largest absolute Gasteiger partial charge is 0.489 e. The lowest BCUT2D eigenvalue weighted by Gasteiger charge is -2.14. The molecule has 0 saturated carbocycles. The highest BCUT2D eigenvalue weighted by molar-refractivity contribution is 7.07. The number of para-hydroxylation sites is 2. The number of nitrogens with zero attached hydrogens (tertiary/aromatic N) is 1. The van der Waals surface area contributed by atoms with Gasteiger partial charge in [0.1, 0.15) is 12.4 Å². The van der Waals surface area contributed by atoms with Crippen LogP contribution in [0.15, 0.2) is 47.3 Å². The number of anilines is 1. The van der Waals surface area contributed by atoms with Gasteiger partial charge in [0.15, 0.2) is 11.5 Å². The molecule has 6 nitrogen and oxygen atoms in total. The van der Waals surface area contributed by atoms with Crippen molar-refractivity contribution in [1.82, 2.24) is 4.98 Å². The van der Waals surface area contributed by atoms with E-state index in [1.807, 2.05) is 17.5 Å². The number of carbonyl (C=O) groups is 1. The van der Waals surface area contributed by atoms with Gasteiger partial charge in [0, 0.05) is 17.4 Å². The Morgan fingerprint density at radius 2 is 2.11 bits per heavy atom. The monoisotopic (exact) mass is 416 g/mol. The summed E-state index contributed by atoms with van der Waals surface area (Å²) in [6.45, 7) is 1.37. The molecule has 144 valence electrons. The molecule has 1 N–H and O–H groups in total. The maximum atomic E-state index is 12.8. The third-order valence-electron chi connectivity index (χ3n) is 4.06. The van der Waals surface area contributed by atoms with E-state index < -0.39 is 0 Å². The summed E-state index contributed by atoms with van der Waals surface area (Å²) in [7, 11) is 0. The molecule has 4 rings (SSSR count). The molecular weight excluding hydrogens is 400 g/mol. The van der Waals surface area contributed by atoms with E-state index in [9.17, 15) is 4.79 Å². The first-order valence-corrected chi connectivity index (χ1v) is 10.0. The summed E-state index contributed by atoms with van der Waals surface area (Å²) in [5.74, 6) is 1.19. The van der Waals surface area contributed by atoms with Crippen LogP contribution in [0.4, 0.5) is 5.69 Å². The van der Waals surface area contributed by atoms with E-state index in [0.717, 1.165) is 12.1 Å². The van der Waals surface area contributed by atoms with Gasteiger partial charge in [-0.1, -0.05) is 23.7 Å². The third kappa shape index (κ3) is 4.21. The minimum absolute atomic E-state index is 0.317. The number of carbonyl (C=O) groups excluding carboxylic acids is 1. The minimum Gasteiger partial charge on any atom is -0.489 e. The lowest BCUT2D eigenvalue weighted by atomic mass is 10.1. The number of amides is 1. The fourth-order valence-electron chi connectivity index (χ4n) is 2.71. The van der Waals surface area contributed by atoms with Crippen LogP contribution in [0.2, 0.25) is 5.02 Å². The first-order valence-electron chi connectivity index (χ1n) is 8.70. The number of nitrogens with one attached hydrogen (secondary N) is 1. The zero-order valence-electron chi connectivity index (χ0n) is 14.8. The van der Waals surface area contributed by atoms with Crippen molar-refractivity contribution >= 4 is 34.5 Å². The summed E-state index contributed by atoms with van der Waals surface area (Å²) in [6, 6.07) is 10.5. The molecule has 2 heterocycles. The number of ether oxygens (including phenoxy) is 3. The van der Waals surface area contributed by atoms with E-state index in [0.29, 0.717) is 53.3 Å². The van der Waals surface area contributed by atoms with E-state index in [2.05, 4.69) is 10.3 Å². The fraction of sp³-hybridized carbons (Fsp3) is 0.200. The molecule has 1 aliphatic rings. The summed E-state index contributed by atoms with van der Waals surface area (Å²) >= 11 is 7.79. The predicted molar refractivity (Wildman–Crippen MR) is 108 cm³/mol. The Morgan fingerprint density at radius 1 is 1.25 bits per heavy atom. The topological polar surface area (TPSA) is 69.7 Å². The van der Waals surface area contributed by atoms with Crippen molar-refractivity contribution in [1.29, 1.82) is 0 Å². The van der Waals surface area contributed by atoms with Crippen molar-refractivity contribution in [2.45, 2.75) is 13.0 Å². The highest BCUT2D eigenvalue weighted by Gasteiger charge is 2.19. The van der Waals surface area contributed by atoms with Crippen LogP contribution in [-0.4, -0.2) is 24.1 Å². The number of fused-ring (bicyclic) bond motifs is 1. The molecule has 0 atom stereocenters. The van der Waals surface area contributed by atoms with Crippen LogP contribution < -0.4 is 19.5 Å². The van der Waals surface area contributed by atoms with Gasteiger partial charge in [-0.05, 0) is 24.3 Å². The normalized spacial score (nSPS) is 12.9. The average molecular weight is 417 g/mol. The van der Waals surface area contributed by atoms with Gasteiger partial charge < -0.3 is 19.5 Å². The molecule has 0 radical (unpaired) electrons. The second-order valence-electron chi connectivity index (χ2n) is 6.05. The van der Waals surface area contributed by atoms with Crippen LogP contribution in [0.3, 0.4) is 0 Å². The quantitative estimate of drug-likeness (QED) is 0.647. The van der Waals surface area contributed by atoms with Gasteiger partial charge >= 0.3 is 0 Å². The number of benzene rings is 2. The smallest absolute Gasteiger partial charge is 0.255 e. The van der Waals surface area contributed by atoms with E-state index in [4.69, 9.17) is 25.8 Å². The Labute approximate surface area is 171 Å². The molecule has 0 aliphatic carbocycles. The van der Waals surface area contributed by atoms with Crippen molar-refractivity contribution in [3.05, 3.63) is 63.6 Å². The van der Waals surface area contributed by atoms with Gasteiger partial charge in [0.25, 0.3) is 5.91 Å². The Hall–Kier alpha value is -2.77. The third-order valence-corrected chi connectivity index (χ3v) is 4.97. The Balaban J connectivity index is 1.52. The highest BCUT2D eigenvalue weighted by Crippen LogP contribution is 2.38. The molecule has 8 heteroatoms. The Morgan fingerprint density at radius 3 is 2.96 bits per heavy atom. The van der Waals surface area contributed by atoms with Crippen molar-refractivity contribution in [3.8, 4) is 17.2 Å². The van der Waals surface area contributed by atoms with Crippen LogP contribution in [0.5, 0.6) is 17.2 Å². The number of halogens is 1. The van der Waals surface area contributed by atoms with E-state index >= 15 is 0 Å². The predicted octanol–water partition coefficient (Wildman–Crippen LogP) is 4.79. The SMILES string of the molecule is O=C(Nc1ccccc1OCc1cscn1)c1cc(Cl)c2c(c1)OCCCO2. The van der Waals surface area contributed by atoms with E-state index in [-0.39, 0.29) is 5.91 Å². The summed E-state index contributed by atoms with van der Waals surface area (Å²) < 4.78 is 17.1. The highest BCUT2D eigenvalue weighted by atomic mass is 35.5. The van der Waals surface area contributed by atoms with E-state index in [1.165, 1.54) is 11.3 Å². The standard InChI is InChI=1S/C20H17ClN2O4S/c21-15-8-13(9-18-19(15)26-7-3-6-25-18)20(24)23-16-4-1-2-5-17(16)27-10-14-11-28-12-22-14/h1-2,4-5,8-9,11-12H,3,6-7,10H2,(H,23,24). The summed E-state index contributed by atoms with van der Waals surface area (Å²) in [5, 5.41) is 5.13. The molecule has 3 aromatic rings. The van der Waals surface area contributed by atoms with Crippen molar-refractivity contribution < 1.29 is 19.0 Å². The lowest BCUT2D eigenvalue weighted by Crippen LogP contribution is -2.13. The maximum Gasteiger partial charge on any atom is 0.255 e. The molecule has 1 aliphatic heterocycles. The van der Waals surface area contributed by atoms with Gasteiger partial charge in [-0.15, -0.1) is 11.3 Å². The number of aromatic nitrogens is 1. The molecule has 1 amide bonds. The van der Waals surface area contributed by atoms with Crippen molar-refractivity contribution in [2.24, 2.45) is 0 Å². The Kier molecular flexibility index (Phi) is 5.64. The molecule has 0 bridgehead atoms. The van der Waals surface area contributed by atoms with Gasteiger partial charge in [0.05, 0.1) is 35.1 Å². The molecule has 2 aromatic carbocycles. The Bertz CT molecular complexity index is 978. The second-order valence-corrected chi connectivity index (χ2v) is 7.18. The molecule has 28 heavy (non-hydrogen) atoms. The zero-order chi connectivity index (χ0) is 19.3. The molecule has 0 spiro atoms. The van der Waals surface area contributed by atoms with Gasteiger partial charge in [0.2, 0.25) is 0 Å². The molecule has 0 fully saturated rings. The maximum absolute atomic E-state index is 12.8. The van der Waals surface area contributed by atoms with Crippen LogP contribution in [0.1, 0.15) is 22.5 Å². The molecule has 1 aromatic heterocycles. The molecule has 0 unspecified atom stereocenters. The van der Waals surface area contributed by atoms with Crippen LogP contribution >= 0.6 is 22.9 Å². The van der Waals surface area contributed by atoms with Crippen LogP contribution in [-0.2, 0) is 6.61 Å². The number of rotatable bonds is 5. The van der Waals surface area contributed by atoms with Crippen LogP contribution in [0, 0.1) is 0 Å². The van der Waals surface area contributed by atoms with Crippen LogP contribution in [0.25, 0.3) is 0 Å². The minimum atomic E-state index is -0.317. The first-order chi connectivity index (χ1) is 13.7. The van der Waals surface area contributed by atoms with Gasteiger partial charge in [-0.25, -0.2) is 4.98 Å². The number of thiazole rings is 1. The second kappa shape index (κ2) is 8.50. The fourth-order valence-corrected chi connectivity index (χ4v) is 3.52.